The zero-order valence-corrected chi connectivity index (χ0v) is 17.9. The van der Waals surface area contributed by atoms with Gasteiger partial charge >= 0.3 is 0 Å². The molecule has 1 amide bonds. The maximum absolute atomic E-state index is 12.9. The first-order valence-corrected chi connectivity index (χ1v) is 10.3. The number of aromatic nitrogens is 1. The van der Waals surface area contributed by atoms with Crippen molar-refractivity contribution >= 4 is 23.5 Å². The second kappa shape index (κ2) is 8.76. The van der Waals surface area contributed by atoms with Crippen LogP contribution in [0, 0.1) is 0 Å². The van der Waals surface area contributed by atoms with E-state index < -0.39 is 5.41 Å². The SMILES string of the molecule is CC(C)(c1cccc(C(=O)c2ccccc2)c1)c1cc(N=C2NC(=O)CN2CCO)on1. The Morgan fingerprint density at radius 1 is 1.16 bits per heavy atom. The first-order valence-electron chi connectivity index (χ1n) is 10.3. The first kappa shape index (κ1) is 21.5. The van der Waals surface area contributed by atoms with Crippen LogP contribution in [0.15, 0.2) is 70.2 Å². The van der Waals surface area contributed by atoms with Gasteiger partial charge in [0.15, 0.2) is 5.78 Å². The van der Waals surface area contributed by atoms with Crippen molar-refractivity contribution in [2.75, 3.05) is 19.7 Å². The van der Waals surface area contributed by atoms with Gasteiger partial charge in [-0.1, -0.05) is 67.5 Å². The highest BCUT2D eigenvalue weighted by molar-refractivity contribution is 6.09. The van der Waals surface area contributed by atoms with Crippen LogP contribution in [0.1, 0.15) is 41.0 Å². The molecule has 2 N–H and O–H groups in total. The van der Waals surface area contributed by atoms with Gasteiger partial charge in [-0.3, -0.25) is 14.9 Å². The Kier molecular flexibility index (Phi) is 5.87. The lowest BCUT2D eigenvalue weighted by atomic mass is 9.80. The lowest BCUT2D eigenvalue weighted by molar-refractivity contribution is -0.118. The maximum atomic E-state index is 12.9. The maximum Gasteiger partial charge on any atom is 0.253 e. The Balaban J connectivity index is 1.60. The van der Waals surface area contributed by atoms with E-state index in [9.17, 15) is 14.7 Å². The Labute approximate surface area is 185 Å². The van der Waals surface area contributed by atoms with E-state index in [1.165, 1.54) is 0 Å². The topological polar surface area (TPSA) is 108 Å². The van der Waals surface area contributed by atoms with Crippen molar-refractivity contribution in [1.29, 1.82) is 0 Å². The largest absolute Gasteiger partial charge is 0.395 e. The van der Waals surface area contributed by atoms with Crippen LogP contribution >= 0.6 is 0 Å². The van der Waals surface area contributed by atoms with E-state index in [-0.39, 0.29) is 37.3 Å². The molecule has 3 aromatic rings. The Morgan fingerprint density at radius 2 is 1.91 bits per heavy atom. The number of aliphatic hydroxyl groups excluding tert-OH is 1. The molecule has 0 unspecified atom stereocenters. The number of ketones is 1. The molecule has 32 heavy (non-hydrogen) atoms. The Morgan fingerprint density at radius 3 is 2.66 bits per heavy atom. The van der Waals surface area contributed by atoms with Crippen molar-refractivity contribution in [3.63, 3.8) is 0 Å². The summed E-state index contributed by atoms with van der Waals surface area (Å²) in [5, 5.41) is 16.0. The van der Waals surface area contributed by atoms with Gasteiger partial charge in [0.25, 0.3) is 5.88 Å². The average Bonchev–Trinajstić information content (AvgIpc) is 3.41. The van der Waals surface area contributed by atoms with Gasteiger partial charge in [0, 0.05) is 29.2 Å². The molecule has 0 aliphatic carbocycles. The van der Waals surface area contributed by atoms with Crippen molar-refractivity contribution in [3.05, 3.63) is 83.0 Å². The van der Waals surface area contributed by atoms with Crippen LogP contribution in [0.25, 0.3) is 0 Å². The molecular weight excluding hydrogens is 408 g/mol. The second-order valence-electron chi connectivity index (χ2n) is 8.08. The molecule has 1 aliphatic rings. The van der Waals surface area contributed by atoms with Crippen LogP contribution < -0.4 is 5.32 Å². The summed E-state index contributed by atoms with van der Waals surface area (Å²) >= 11 is 0. The fraction of sp³-hybridized carbons (Fsp3) is 0.250. The monoisotopic (exact) mass is 432 g/mol. The number of benzene rings is 2. The molecule has 8 heteroatoms. The minimum atomic E-state index is -0.557. The summed E-state index contributed by atoms with van der Waals surface area (Å²) in [6.07, 6.45) is 0. The molecule has 1 saturated heterocycles. The average molecular weight is 432 g/mol. The fourth-order valence-electron chi connectivity index (χ4n) is 3.57. The van der Waals surface area contributed by atoms with Gasteiger partial charge in [-0.25, -0.2) is 0 Å². The predicted molar refractivity (Wildman–Crippen MR) is 119 cm³/mol. The summed E-state index contributed by atoms with van der Waals surface area (Å²) in [5.41, 5.74) is 2.22. The van der Waals surface area contributed by atoms with Crippen LogP contribution in [0.2, 0.25) is 0 Å². The van der Waals surface area contributed by atoms with Gasteiger partial charge in [-0.15, -0.1) is 0 Å². The van der Waals surface area contributed by atoms with E-state index in [0.717, 1.165) is 5.56 Å². The standard InChI is InChI=1S/C24H24N4O4/c1-24(2,18-10-6-9-17(13-18)22(31)16-7-4-3-5-8-16)19-14-21(32-27-19)26-23-25-20(30)15-28(23)11-12-29/h3-10,13-14,29H,11-12,15H2,1-2H3,(H,25,26,30). The molecule has 4 rings (SSSR count). The van der Waals surface area contributed by atoms with E-state index in [2.05, 4.69) is 15.5 Å². The van der Waals surface area contributed by atoms with Crippen LogP contribution in [0.5, 0.6) is 0 Å². The van der Waals surface area contributed by atoms with Gasteiger partial charge in [0.05, 0.1) is 12.3 Å². The summed E-state index contributed by atoms with van der Waals surface area (Å²) in [7, 11) is 0. The van der Waals surface area contributed by atoms with Gasteiger partial charge < -0.3 is 14.5 Å². The highest BCUT2D eigenvalue weighted by Crippen LogP contribution is 2.33. The van der Waals surface area contributed by atoms with Crippen LogP contribution in [-0.2, 0) is 10.2 Å². The molecule has 1 aliphatic heterocycles. The van der Waals surface area contributed by atoms with Gasteiger partial charge in [-0.2, -0.15) is 4.99 Å². The van der Waals surface area contributed by atoms with Gasteiger partial charge in [0.1, 0.15) is 6.54 Å². The summed E-state index contributed by atoms with van der Waals surface area (Å²) < 4.78 is 5.40. The van der Waals surface area contributed by atoms with Crippen molar-refractivity contribution in [3.8, 4) is 0 Å². The van der Waals surface area contributed by atoms with E-state index in [0.29, 0.717) is 22.8 Å². The first-order chi connectivity index (χ1) is 15.4. The van der Waals surface area contributed by atoms with Crippen molar-refractivity contribution in [1.82, 2.24) is 15.4 Å². The third-order valence-electron chi connectivity index (χ3n) is 5.49. The number of carbonyl (C=O) groups excluding carboxylic acids is 2. The zero-order chi connectivity index (χ0) is 22.7. The number of nitrogens with one attached hydrogen (secondary N) is 1. The normalized spacial score (nSPS) is 15.3. The van der Waals surface area contributed by atoms with Crippen LogP contribution in [0.3, 0.4) is 0 Å². The zero-order valence-electron chi connectivity index (χ0n) is 17.9. The third-order valence-corrected chi connectivity index (χ3v) is 5.49. The summed E-state index contributed by atoms with van der Waals surface area (Å²) in [4.78, 5) is 30.5. The molecule has 1 aromatic heterocycles. The molecule has 2 aromatic carbocycles. The van der Waals surface area contributed by atoms with Crippen molar-refractivity contribution in [2.24, 2.45) is 4.99 Å². The van der Waals surface area contributed by atoms with E-state index >= 15 is 0 Å². The Hall–Kier alpha value is -3.78. The molecule has 0 saturated carbocycles. The fourth-order valence-corrected chi connectivity index (χ4v) is 3.57. The van der Waals surface area contributed by atoms with Crippen molar-refractivity contribution in [2.45, 2.75) is 19.3 Å². The number of aliphatic imine (C=N–C) groups is 1. The lowest BCUT2D eigenvalue weighted by Gasteiger charge is -2.22. The lowest BCUT2D eigenvalue weighted by Crippen LogP contribution is -2.32. The number of hydrogen-bond acceptors (Lipinski definition) is 6. The number of rotatable bonds is 7. The minimum absolute atomic E-state index is 0.0450. The highest BCUT2D eigenvalue weighted by Gasteiger charge is 2.29. The van der Waals surface area contributed by atoms with Crippen LogP contribution in [-0.4, -0.2) is 52.5 Å². The number of nitrogens with zero attached hydrogens (tertiary/aromatic N) is 3. The number of hydrogen-bond donors (Lipinski definition) is 2. The van der Waals surface area contributed by atoms with Crippen LogP contribution in [0.4, 0.5) is 5.88 Å². The van der Waals surface area contributed by atoms with E-state index in [4.69, 9.17) is 4.52 Å². The smallest absolute Gasteiger partial charge is 0.253 e. The number of aliphatic hydroxyl groups is 1. The molecule has 0 bridgehead atoms. The van der Waals surface area contributed by atoms with Crippen molar-refractivity contribution < 1.29 is 19.2 Å². The molecule has 8 nitrogen and oxygen atoms in total. The minimum Gasteiger partial charge on any atom is -0.395 e. The molecule has 0 spiro atoms. The molecule has 2 heterocycles. The molecule has 0 radical (unpaired) electrons. The summed E-state index contributed by atoms with van der Waals surface area (Å²) in [6.45, 7) is 4.30. The summed E-state index contributed by atoms with van der Waals surface area (Å²) in [5.74, 6) is 0.318. The highest BCUT2D eigenvalue weighted by atomic mass is 16.5. The Bertz CT molecular complexity index is 1170. The van der Waals surface area contributed by atoms with Gasteiger partial charge in [-0.05, 0) is 11.6 Å². The number of amides is 1. The predicted octanol–water partition coefficient (Wildman–Crippen LogP) is 2.64. The molecule has 0 atom stereocenters. The number of carbonyl (C=O) groups is 2. The molecule has 1 fully saturated rings. The third kappa shape index (κ3) is 4.31. The summed E-state index contributed by atoms with van der Waals surface area (Å²) in [6, 6.07) is 18.3. The van der Waals surface area contributed by atoms with E-state index in [1.807, 2.05) is 50.2 Å². The quantitative estimate of drug-likeness (QED) is 0.556. The molecule has 164 valence electrons. The second-order valence-corrected chi connectivity index (χ2v) is 8.08. The molecular formula is C24H24N4O4. The number of β-amino-alcohol motifs (C(OH)–C–C–N with tert-alkyl or cyclic N) is 1. The number of guanidine groups is 1. The van der Waals surface area contributed by atoms with E-state index in [1.54, 1.807) is 29.2 Å². The van der Waals surface area contributed by atoms with Gasteiger partial charge in [0.2, 0.25) is 11.9 Å².